The molecule has 1 aromatic carbocycles. The molecule has 1 aromatic rings. The molecule has 1 unspecified atom stereocenters. The van der Waals surface area contributed by atoms with E-state index in [9.17, 15) is 8.42 Å². The quantitative estimate of drug-likeness (QED) is 0.715. The first kappa shape index (κ1) is 16.8. The Morgan fingerprint density at radius 2 is 2.05 bits per heavy atom. The Labute approximate surface area is 132 Å². The molecule has 0 aromatic heterocycles. The summed E-state index contributed by atoms with van der Waals surface area (Å²) in [7, 11) is -3.36. The number of nitrogens with one attached hydrogen (secondary N) is 2. The van der Waals surface area contributed by atoms with Crippen molar-refractivity contribution in [3.05, 3.63) is 29.8 Å². The van der Waals surface area contributed by atoms with Gasteiger partial charge in [-0.2, -0.15) is 11.8 Å². The molecule has 0 bridgehead atoms. The predicted octanol–water partition coefficient (Wildman–Crippen LogP) is 1.87. The molecule has 1 atom stereocenters. The molecule has 2 N–H and O–H groups in total. The van der Waals surface area contributed by atoms with E-state index in [2.05, 4.69) is 17.0 Å². The normalized spacial score (nSPS) is 19.0. The maximum Gasteiger partial charge on any atom is 0.240 e. The van der Waals surface area contributed by atoms with E-state index in [0.717, 1.165) is 43.0 Å². The SMILES string of the molecule is CCNCCc1ccc(S(=O)(=O)NCC2CCSC2)cc1. The smallest absolute Gasteiger partial charge is 0.240 e. The van der Waals surface area contributed by atoms with Crippen molar-refractivity contribution in [3.8, 4) is 0 Å². The number of sulfonamides is 1. The zero-order valence-corrected chi connectivity index (χ0v) is 14.1. The Morgan fingerprint density at radius 1 is 1.29 bits per heavy atom. The molecular weight excluding hydrogens is 304 g/mol. The molecule has 0 amide bonds. The van der Waals surface area contributed by atoms with Crippen LogP contribution in [0.4, 0.5) is 0 Å². The van der Waals surface area contributed by atoms with Crippen LogP contribution in [0.3, 0.4) is 0 Å². The Balaban J connectivity index is 1.89. The summed E-state index contributed by atoms with van der Waals surface area (Å²) in [6, 6.07) is 7.20. The Morgan fingerprint density at radius 3 is 2.67 bits per heavy atom. The molecule has 1 aliphatic rings. The topological polar surface area (TPSA) is 58.2 Å². The zero-order valence-electron chi connectivity index (χ0n) is 12.5. The Kier molecular flexibility index (Phi) is 6.54. The summed E-state index contributed by atoms with van der Waals surface area (Å²) in [5, 5.41) is 3.26. The number of rotatable bonds is 8. The molecule has 4 nitrogen and oxygen atoms in total. The second-order valence-corrected chi connectivity index (χ2v) is 8.25. The van der Waals surface area contributed by atoms with Crippen LogP contribution >= 0.6 is 11.8 Å². The van der Waals surface area contributed by atoms with Crippen LogP contribution in [-0.4, -0.2) is 39.6 Å². The van der Waals surface area contributed by atoms with Gasteiger partial charge in [0.15, 0.2) is 0 Å². The van der Waals surface area contributed by atoms with Crippen LogP contribution < -0.4 is 10.0 Å². The van der Waals surface area contributed by atoms with Gasteiger partial charge in [0.1, 0.15) is 0 Å². The molecule has 0 radical (unpaired) electrons. The maximum atomic E-state index is 12.2. The molecular formula is C15H24N2O2S2. The second kappa shape index (κ2) is 8.17. The molecule has 0 spiro atoms. The Bertz CT molecular complexity index is 523. The second-order valence-electron chi connectivity index (χ2n) is 5.33. The number of hydrogen-bond donors (Lipinski definition) is 2. The molecule has 21 heavy (non-hydrogen) atoms. The van der Waals surface area contributed by atoms with Crippen molar-refractivity contribution in [1.82, 2.24) is 10.0 Å². The van der Waals surface area contributed by atoms with Gasteiger partial charge < -0.3 is 5.32 Å². The van der Waals surface area contributed by atoms with Gasteiger partial charge in [-0.1, -0.05) is 19.1 Å². The van der Waals surface area contributed by atoms with E-state index < -0.39 is 10.0 Å². The van der Waals surface area contributed by atoms with Crippen LogP contribution in [0.25, 0.3) is 0 Å². The number of benzene rings is 1. The van der Waals surface area contributed by atoms with Crippen molar-refractivity contribution in [2.24, 2.45) is 5.92 Å². The lowest BCUT2D eigenvalue weighted by atomic mass is 10.1. The van der Waals surface area contributed by atoms with Crippen LogP contribution in [0.5, 0.6) is 0 Å². The van der Waals surface area contributed by atoms with Crippen molar-refractivity contribution in [1.29, 1.82) is 0 Å². The van der Waals surface area contributed by atoms with E-state index in [1.54, 1.807) is 12.1 Å². The van der Waals surface area contributed by atoms with Crippen LogP contribution in [-0.2, 0) is 16.4 Å². The molecule has 1 saturated heterocycles. The maximum absolute atomic E-state index is 12.2. The summed E-state index contributed by atoms with van der Waals surface area (Å²) < 4.78 is 27.2. The van der Waals surface area contributed by atoms with E-state index in [4.69, 9.17) is 0 Å². The highest BCUT2D eigenvalue weighted by Crippen LogP contribution is 2.23. The first-order valence-corrected chi connectivity index (χ1v) is 10.1. The van der Waals surface area contributed by atoms with E-state index in [1.807, 2.05) is 23.9 Å². The molecule has 6 heteroatoms. The third-order valence-corrected chi connectivity index (χ3v) is 6.33. The summed E-state index contributed by atoms with van der Waals surface area (Å²) in [6.07, 6.45) is 2.03. The molecule has 118 valence electrons. The average Bonchev–Trinajstić information content (AvgIpc) is 3.00. The van der Waals surface area contributed by atoms with Crippen molar-refractivity contribution in [2.45, 2.75) is 24.7 Å². The lowest BCUT2D eigenvalue weighted by molar-refractivity contribution is 0.546. The fourth-order valence-corrected chi connectivity index (χ4v) is 4.70. The largest absolute Gasteiger partial charge is 0.317 e. The van der Waals surface area contributed by atoms with E-state index >= 15 is 0 Å². The monoisotopic (exact) mass is 328 g/mol. The average molecular weight is 329 g/mol. The molecule has 1 fully saturated rings. The fraction of sp³-hybridized carbons (Fsp3) is 0.600. The van der Waals surface area contributed by atoms with Crippen molar-refractivity contribution < 1.29 is 8.42 Å². The Hall–Kier alpha value is -0.560. The van der Waals surface area contributed by atoms with Gasteiger partial charge in [0.25, 0.3) is 0 Å². The minimum Gasteiger partial charge on any atom is -0.317 e. The van der Waals surface area contributed by atoms with Crippen LogP contribution in [0, 0.1) is 5.92 Å². The third kappa shape index (κ3) is 5.29. The van der Waals surface area contributed by atoms with Gasteiger partial charge in [0.05, 0.1) is 4.90 Å². The zero-order chi connectivity index (χ0) is 15.1. The van der Waals surface area contributed by atoms with Gasteiger partial charge in [0, 0.05) is 6.54 Å². The third-order valence-electron chi connectivity index (χ3n) is 3.66. The lowest BCUT2D eigenvalue weighted by Crippen LogP contribution is -2.29. The van der Waals surface area contributed by atoms with Crippen LogP contribution in [0.15, 0.2) is 29.2 Å². The van der Waals surface area contributed by atoms with Crippen LogP contribution in [0.1, 0.15) is 18.9 Å². The van der Waals surface area contributed by atoms with Gasteiger partial charge in [-0.25, -0.2) is 13.1 Å². The van der Waals surface area contributed by atoms with Crippen molar-refractivity contribution in [2.75, 3.05) is 31.1 Å². The van der Waals surface area contributed by atoms with Crippen LogP contribution in [0.2, 0.25) is 0 Å². The summed E-state index contributed by atoms with van der Waals surface area (Å²) in [6.45, 7) is 4.50. The number of hydrogen-bond acceptors (Lipinski definition) is 4. The highest BCUT2D eigenvalue weighted by molar-refractivity contribution is 7.99. The van der Waals surface area contributed by atoms with Gasteiger partial charge >= 0.3 is 0 Å². The summed E-state index contributed by atoms with van der Waals surface area (Å²) in [5.41, 5.74) is 1.15. The predicted molar refractivity (Wildman–Crippen MR) is 89.3 cm³/mol. The highest BCUT2D eigenvalue weighted by atomic mass is 32.2. The molecule has 2 rings (SSSR count). The minimum atomic E-state index is -3.36. The van der Waals surface area contributed by atoms with E-state index in [1.165, 1.54) is 0 Å². The van der Waals surface area contributed by atoms with E-state index in [-0.39, 0.29) is 0 Å². The summed E-state index contributed by atoms with van der Waals surface area (Å²) in [4.78, 5) is 0.361. The van der Waals surface area contributed by atoms with Gasteiger partial charge in [-0.15, -0.1) is 0 Å². The standard InChI is InChI=1S/C15H24N2O2S2/c1-2-16-9-7-13-3-5-15(6-4-13)21(18,19)17-11-14-8-10-20-12-14/h3-6,14,16-17H,2,7-12H2,1H3. The van der Waals surface area contributed by atoms with Gasteiger partial charge in [-0.05, 0) is 61.1 Å². The molecule has 0 saturated carbocycles. The van der Waals surface area contributed by atoms with Crippen molar-refractivity contribution in [3.63, 3.8) is 0 Å². The summed E-state index contributed by atoms with van der Waals surface area (Å²) >= 11 is 1.90. The van der Waals surface area contributed by atoms with Gasteiger partial charge in [-0.3, -0.25) is 0 Å². The lowest BCUT2D eigenvalue weighted by Gasteiger charge is -2.11. The first-order valence-electron chi connectivity index (χ1n) is 7.49. The molecule has 1 heterocycles. The molecule has 1 aliphatic heterocycles. The number of thioether (sulfide) groups is 1. The summed E-state index contributed by atoms with van der Waals surface area (Å²) in [5.74, 6) is 2.68. The fourth-order valence-electron chi connectivity index (χ4n) is 2.30. The van der Waals surface area contributed by atoms with Crippen molar-refractivity contribution >= 4 is 21.8 Å². The highest BCUT2D eigenvalue weighted by Gasteiger charge is 2.19. The van der Waals surface area contributed by atoms with Gasteiger partial charge in [0.2, 0.25) is 10.0 Å². The minimum absolute atomic E-state index is 0.361. The molecule has 0 aliphatic carbocycles. The number of likely N-dealkylation sites (N-methyl/N-ethyl adjacent to an activating group) is 1. The first-order chi connectivity index (χ1) is 10.1. The van der Waals surface area contributed by atoms with E-state index in [0.29, 0.717) is 17.4 Å².